The van der Waals surface area contributed by atoms with E-state index in [-0.39, 0.29) is 13.1 Å². The lowest BCUT2D eigenvalue weighted by molar-refractivity contribution is -0.176. The molecule has 7 heteroatoms. The first-order valence-electron chi connectivity index (χ1n) is 4.61. The van der Waals surface area contributed by atoms with E-state index in [4.69, 9.17) is 5.11 Å². The van der Waals surface area contributed by atoms with E-state index in [2.05, 4.69) is 5.32 Å². The summed E-state index contributed by atoms with van der Waals surface area (Å²) in [5.74, 6) is 0. The fourth-order valence-corrected chi connectivity index (χ4v) is 1.64. The Morgan fingerprint density at radius 3 is 2.67 bits per heavy atom. The van der Waals surface area contributed by atoms with Crippen molar-refractivity contribution in [2.45, 2.75) is 31.6 Å². The number of rotatable bonds is 2. The second-order valence-corrected chi connectivity index (χ2v) is 3.65. The molecule has 1 fully saturated rings. The smallest absolute Gasteiger partial charge is 0.404 e. The maximum absolute atomic E-state index is 12.3. The summed E-state index contributed by atoms with van der Waals surface area (Å²) >= 11 is 0. The first-order chi connectivity index (χ1) is 6.80. The van der Waals surface area contributed by atoms with Crippen molar-refractivity contribution in [3.05, 3.63) is 0 Å². The van der Waals surface area contributed by atoms with Crippen LogP contribution in [-0.4, -0.2) is 47.4 Å². The number of hydrogen-bond acceptors (Lipinski definition) is 2. The number of carboxylic acid groups (broad SMARTS) is 1. The highest BCUT2D eigenvalue weighted by atomic mass is 19.4. The minimum Gasteiger partial charge on any atom is -0.465 e. The van der Waals surface area contributed by atoms with Crippen LogP contribution in [0, 0.1) is 0 Å². The zero-order valence-corrected chi connectivity index (χ0v) is 8.21. The first-order valence-corrected chi connectivity index (χ1v) is 4.61. The number of carbonyl (C=O) groups is 1. The van der Waals surface area contributed by atoms with Gasteiger partial charge in [-0.05, 0) is 13.3 Å². The number of halogens is 3. The molecule has 1 amide bonds. The first kappa shape index (κ1) is 12.1. The average molecular weight is 226 g/mol. The van der Waals surface area contributed by atoms with Gasteiger partial charge in [0.25, 0.3) is 0 Å². The highest BCUT2D eigenvalue weighted by Crippen LogP contribution is 2.27. The lowest BCUT2D eigenvalue weighted by atomic mass is 10.3. The zero-order valence-electron chi connectivity index (χ0n) is 8.21. The maximum Gasteiger partial charge on any atom is 0.404 e. The number of nitrogens with zero attached hydrogens (tertiary/aromatic N) is 1. The van der Waals surface area contributed by atoms with Gasteiger partial charge in [-0.1, -0.05) is 0 Å². The molecule has 0 spiro atoms. The Morgan fingerprint density at radius 2 is 2.20 bits per heavy atom. The van der Waals surface area contributed by atoms with Crippen LogP contribution in [0.5, 0.6) is 0 Å². The monoisotopic (exact) mass is 226 g/mol. The molecule has 1 heterocycles. The molecule has 15 heavy (non-hydrogen) atoms. The van der Waals surface area contributed by atoms with Gasteiger partial charge in [0.15, 0.2) is 0 Å². The zero-order chi connectivity index (χ0) is 11.6. The van der Waals surface area contributed by atoms with Gasteiger partial charge < -0.3 is 10.4 Å². The minimum absolute atomic E-state index is 0.118. The molecule has 1 aliphatic heterocycles. The van der Waals surface area contributed by atoms with Crippen molar-refractivity contribution < 1.29 is 23.1 Å². The molecule has 4 nitrogen and oxygen atoms in total. The van der Waals surface area contributed by atoms with Crippen LogP contribution < -0.4 is 5.32 Å². The highest BCUT2D eigenvalue weighted by Gasteiger charge is 2.42. The SMILES string of the molecule is CC(N1CC[C@H](NC(=O)O)C1)C(F)(F)F. The predicted octanol–water partition coefficient (Wildman–Crippen LogP) is 1.28. The molecule has 0 aliphatic carbocycles. The van der Waals surface area contributed by atoms with Gasteiger partial charge in [-0.15, -0.1) is 0 Å². The number of amides is 1. The predicted molar refractivity (Wildman–Crippen MR) is 46.7 cm³/mol. The van der Waals surface area contributed by atoms with Gasteiger partial charge >= 0.3 is 12.3 Å². The second-order valence-electron chi connectivity index (χ2n) is 3.65. The van der Waals surface area contributed by atoms with Gasteiger partial charge in [-0.2, -0.15) is 13.2 Å². The van der Waals surface area contributed by atoms with Crippen molar-refractivity contribution in [2.75, 3.05) is 13.1 Å². The van der Waals surface area contributed by atoms with Crippen LogP contribution in [0.4, 0.5) is 18.0 Å². The molecule has 1 saturated heterocycles. The summed E-state index contributed by atoms with van der Waals surface area (Å²) in [6.45, 7) is 1.47. The van der Waals surface area contributed by atoms with Gasteiger partial charge in [0.1, 0.15) is 6.04 Å². The van der Waals surface area contributed by atoms with E-state index in [1.807, 2.05) is 0 Å². The van der Waals surface area contributed by atoms with Crippen LogP contribution in [0.15, 0.2) is 0 Å². The Labute approximate surface area is 85.1 Å². The third-order valence-corrected chi connectivity index (χ3v) is 2.57. The molecule has 1 unspecified atom stereocenters. The number of hydrogen-bond donors (Lipinski definition) is 2. The molecule has 0 bridgehead atoms. The van der Waals surface area contributed by atoms with Crippen molar-refractivity contribution in [3.63, 3.8) is 0 Å². The Hall–Kier alpha value is -0.980. The van der Waals surface area contributed by atoms with Crippen molar-refractivity contribution in [1.29, 1.82) is 0 Å². The molecular weight excluding hydrogens is 213 g/mol. The quantitative estimate of drug-likeness (QED) is 0.745. The third-order valence-electron chi connectivity index (χ3n) is 2.57. The average Bonchev–Trinajstić information content (AvgIpc) is 2.48. The second kappa shape index (κ2) is 4.26. The van der Waals surface area contributed by atoms with Crippen LogP contribution >= 0.6 is 0 Å². The molecule has 1 aliphatic rings. The van der Waals surface area contributed by atoms with Crippen LogP contribution in [0.3, 0.4) is 0 Å². The van der Waals surface area contributed by atoms with Crippen molar-refractivity contribution in [3.8, 4) is 0 Å². The molecular formula is C8H13F3N2O2. The number of alkyl halides is 3. The summed E-state index contributed by atoms with van der Waals surface area (Å²) < 4.78 is 36.9. The normalized spacial score (nSPS) is 25.2. The van der Waals surface area contributed by atoms with Crippen LogP contribution in [0.25, 0.3) is 0 Å². The molecule has 0 radical (unpaired) electrons. The summed E-state index contributed by atoms with van der Waals surface area (Å²) in [5, 5.41) is 10.6. The standard InChI is InChI=1S/C8H13F3N2O2/c1-5(8(9,10)11)13-3-2-6(4-13)12-7(14)15/h5-6,12H,2-4H2,1H3,(H,14,15)/t5?,6-/m0/s1. The Morgan fingerprint density at radius 1 is 1.60 bits per heavy atom. The molecule has 0 aromatic carbocycles. The number of likely N-dealkylation sites (tertiary alicyclic amines) is 1. The Bertz CT molecular complexity index is 245. The Kier molecular flexibility index (Phi) is 3.43. The van der Waals surface area contributed by atoms with Gasteiger partial charge in [0.2, 0.25) is 0 Å². The maximum atomic E-state index is 12.3. The van der Waals surface area contributed by atoms with E-state index in [1.54, 1.807) is 0 Å². The van der Waals surface area contributed by atoms with Gasteiger partial charge in [0, 0.05) is 19.1 Å². The molecule has 0 aromatic heterocycles. The fraction of sp³-hybridized carbons (Fsp3) is 0.875. The van der Waals surface area contributed by atoms with E-state index < -0.39 is 24.4 Å². The molecule has 2 atom stereocenters. The van der Waals surface area contributed by atoms with Gasteiger partial charge in [-0.3, -0.25) is 4.90 Å². The lowest BCUT2D eigenvalue weighted by Gasteiger charge is -2.26. The van der Waals surface area contributed by atoms with E-state index in [0.717, 1.165) is 6.92 Å². The highest BCUT2D eigenvalue weighted by molar-refractivity contribution is 5.64. The summed E-state index contributed by atoms with van der Waals surface area (Å²) in [6, 6.07) is -1.91. The van der Waals surface area contributed by atoms with E-state index in [1.165, 1.54) is 4.90 Å². The Balaban J connectivity index is 2.46. The van der Waals surface area contributed by atoms with Crippen LogP contribution in [0.1, 0.15) is 13.3 Å². The molecule has 88 valence electrons. The van der Waals surface area contributed by atoms with Crippen molar-refractivity contribution >= 4 is 6.09 Å². The largest absolute Gasteiger partial charge is 0.465 e. The molecule has 2 N–H and O–H groups in total. The molecule has 0 saturated carbocycles. The molecule has 1 rings (SSSR count). The van der Waals surface area contributed by atoms with Crippen molar-refractivity contribution in [1.82, 2.24) is 10.2 Å². The van der Waals surface area contributed by atoms with Gasteiger partial charge in [0.05, 0.1) is 0 Å². The summed E-state index contributed by atoms with van der Waals surface area (Å²) in [6.07, 6.45) is -5.02. The van der Waals surface area contributed by atoms with E-state index in [0.29, 0.717) is 6.42 Å². The van der Waals surface area contributed by atoms with E-state index >= 15 is 0 Å². The summed E-state index contributed by atoms with van der Waals surface area (Å²) in [7, 11) is 0. The lowest BCUT2D eigenvalue weighted by Crippen LogP contribution is -2.44. The fourth-order valence-electron chi connectivity index (χ4n) is 1.64. The summed E-state index contributed by atoms with van der Waals surface area (Å²) in [5.41, 5.74) is 0. The van der Waals surface area contributed by atoms with Crippen LogP contribution in [0.2, 0.25) is 0 Å². The number of nitrogens with one attached hydrogen (secondary N) is 1. The van der Waals surface area contributed by atoms with Crippen LogP contribution in [-0.2, 0) is 0 Å². The van der Waals surface area contributed by atoms with Gasteiger partial charge in [-0.25, -0.2) is 4.79 Å². The molecule has 0 aromatic rings. The van der Waals surface area contributed by atoms with Crippen molar-refractivity contribution in [2.24, 2.45) is 0 Å². The summed E-state index contributed by atoms with van der Waals surface area (Å²) in [4.78, 5) is 11.5. The topological polar surface area (TPSA) is 52.6 Å². The third kappa shape index (κ3) is 3.26. The minimum atomic E-state index is -4.25. The van der Waals surface area contributed by atoms with E-state index in [9.17, 15) is 18.0 Å².